The maximum atomic E-state index is 13.2. The number of benzene rings is 2. The molecule has 0 saturated carbocycles. The Kier molecular flexibility index (Phi) is 5.56. The molecule has 0 bridgehead atoms. The van der Waals surface area contributed by atoms with E-state index in [1.807, 2.05) is 45.0 Å². The number of urea groups is 2. The first kappa shape index (κ1) is 19.7. The van der Waals surface area contributed by atoms with Gasteiger partial charge in [0, 0.05) is 17.9 Å². The predicted octanol–water partition coefficient (Wildman–Crippen LogP) is 4.37. The molecule has 0 spiro atoms. The molecule has 1 heterocycles. The second-order valence-electron chi connectivity index (χ2n) is 7.31. The second kappa shape index (κ2) is 7.90. The van der Waals surface area contributed by atoms with Gasteiger partial charge in [-0.15, -0.1) is 0 Å². The van der Waals surface area contributed by atoms with Crippen LogP contribution < -0.4 is 10.2 Å². The summed E-state index contributed by atoms with van der Waals surface area (Å²) < 4.78 is 0. The average Bonchev–Trinajstić information content (AvgIpc) is 2.89. The molecule has 0 aromatic heterocycles. The highest BCUT2D eigenvalue weighted by Gasteiger charge is 2.55. The Morgan fingerprint density at radius 2 is 1.68 bits per heavy atom. The number of amides is 4. The van der Waals surface area contributed by atoms with Crippen LogP contribution in [0.1, 0.15) is 27.2 Å². The van der Waals surface area contributed by atoms with Crippen LogP contribution in [0.25, 0.3) is 0 Å². The van der Waals surface area contributed by atoms with Gasteiger partial charge >= 0.3 is 12.1 Å². The van der Waals surface area contributed by atoms with Gasteiger partial charge in [0.1, 0.15) is 0 Å². The van der Waals surface area contributed by atoms with Gasteiger partial charge in [-0.3, -0.25) is 10.1 Å². The lowest BCUT2D eigenvalue weighted by molar-refractivity contribution is -0.0948. The van der Waals surface area contributed by atoms with E-state index in [4.69, 9.17) is 0 Å². The summed E-state index contributed by atoms with van der Waals surface area (Å²) in [5.41, 5.74) is 0.382. The largest absolute Gasteiger partial charge is 0.347 e. The Balaban J connectivity index is 1.96. The summed E-state index contributed by atoms with van der Waals surface area (Å²) >= 11 is 0. The fourth-order valence-corrected chi connectivity index (χ4v) is 3.61. The lowest BCUT2D eigenvalue weighted by Crippen LogP contribution is -2.58. The van der Waals surface area contributed by atoms with E-state index < -0.39 is 17.7 Å². The van der Waals surface area contributed by atoms with Crippen LogP contribution in [0.4, 0.5) is 21.0 Å². The van der Waals surface area contributed by atoms with Crippen molar-refractivity contribution in [2.45, 2.75) is 38.9 Å². The highest BCUT2D eigenvalue weighted by molar-refractivity contribution is 5.98. The molecule has 7 nitrogen and oxygen atoms in total. The SMILES string of the molecule is CCCN1C(=O)N(c2ccccc2)[C@@H](N(O)C(=O)Nc2ccccc2)C1(C)C. The standard InChI is InChI=1S/C21H26N4O3/c1-4-15-23-20(27)24(17-13-9-6-10-14-17)18(21(23,2)3)25(28)19(26)22-16-11-7-5-8-12-16/h5-14,18,28H,4,15H2,1-3H3,(H,22,26)/t18-/m0/s1. The molecule has 2 aromatic carbocycles. The van der Waals surface area contributed by atoms with Crippen molar-refractivity contribution in [3.8, 4) is 0 Å². The fourth-order valence-electron chi connectivity index (χ4n) is 3.61. The van der Waals surface area contributed by atoms with Crippen molar-refractivity contribution in [1.29, 1.82) is 0 Å². The van der Waals surface area contributed by atoms with Crippen molar-refractivity contribution < 1.29 is 14.8 Å². The van der Waals surface area contributed by atoms with Crippen LogP contribution in [0.15, 0.2) is 60.7 Å². The molecular weight excluding hydrogens is 356 g/mol. The minimum Gasteiger partial charge on any atom is -0.315 e. The van der Waals surface area contributed by atoms with E-state index in [2.05, 4.69) is 5.32 Å². The van der Waals surface area contributed by atoms with Crippen molar-refractivity contribution in [3.05, 3.63) is 60.7 Å². The van der Waals surface area contributed by atoms with Gasteiger partial charge in [-0.2, -0.15) is 5.06 Å². The van der Waals surface area contributed by atoms with Gasteiger partial charge in [0.25, 0.3) is 0 Å². The van der Waals surface area contributed by atoms with Crippen molar-refractivity contribution in [2.24, 2.45) is 0 Å². The maximum Gasteiger partial charge on any atom is 0.347 e. The van der Waals surface area contributed by atoms with Crippen LogP contribution in [-0.4, -0.2) is 45.5 Å². The van der Waals surface area contributed by atoms with E-state index in [0.717, 1.165) is 6.42 Å². The third-order valence-corrected chi connectivity index (χ3v) is 4.96. The minimum atomic E-state index is -0.891. The van der Waals surface area contributed by atoms with Gasteiger partial charge in [-0.05, 0) is 44.5 Å². The van der Waals surface area contributed by atoms with E-state index in [1.165, 1.54) is 4.90 Å². The highest BCUT2D eigenvalue weighted by Crippen LogP contribution is 2.37. The summed E-state index contributed by atoms with van der Waals surface area (Å²) in [6.07, 6.45) is -0.121. The molecule has 0 unspecified atom stereocenters. The third kappa shape index (κ3) is 3.53. The first-order chi connectivity index (χ1) is 13.4. The topological polar surface area (TPSA) is 76.1 Å². The van der Waals surface area contributed by atoms with Crippen LogP contribution in [0.5, 0.6) is 0 Å². The number of para-hydroxylation sites is 2. The highest BCUT2D eigenvalue weighted by atomic mass is 16.5. The number of nitrogens with zero attached hydrogens (tertiary/aromatic N) is 3. The Morgan fingerprint density at radius 1 is 1.11 bits per heavy atom. The Morgan fingerprint density at radius 3 is 2.25 bits per heavy atom. The molecule has 0 radical (unpaired) electrons. The maximum absolute atomic E-state index is 13.2. The molecule has 1 atom stereocenters. The van der Waals surface area contributed by atoms with Gasteiger partial charge in [-0.1, -0.05) is 43.3 Å². The quantitative estimate of drug-likeness (QED) is 0.596. The normalized spacial score (nSPS) is 18.3. The molecule has 1 aliphatic heterocycles. The second-order valence-corrected chi connectivity index (χ2v) is 7.31. The third-order valence-electron chi connectivity index (χ3n) is 4.96. The van der Waals surface area contributed by atoms with Crippen molar-refractivity contribution in [1.82, 2.24) is 9.96 Å². The monoisotopic (exact) mass is 382 g/mol. The van der Waals surface area contributed by atoms with Crippen LogP contribution in [0.2, 0.25) is 0 Å². The Hall–Kier alpha value is -3.06. The van der Waals surface area contributed by atoms with Crippen LogP contribution in [-0.2, 0) is 0 Å². The molecule has 2 N–H and O–H groups in total. The van der Waals surface area contributed by atoms with Gasteiger partial charge in [0.2, 0.25) is 0 Å². The van der Waals surface area contributed by atoms with E-state index >= 15 is 0 Å². The van der Waals surface area contributed by atoms with Gasteiger partial charge in [-0.25, -0.2) is 9.59 Å². The van der Waals surface area contributed by atoms with E-state index in [1.54, 1.807) is 41.3 Å². The average molecular weight is 382 g/mol. The summed E-state index contributed by atoms with van der Waals surface area (Å²) in [6, 6.07) is 17.0. The van der Waals surface area contributed by atoms with Crippen molar-refractivity contribution in [2.75, 3.05) is 16.8 Å². The first-order valence-corrected chi connectivity index (χ1v) is 9.38. The summed E-state index contributed by atoms with van der Waals surface area (Å²) in [4.78, 5) is 29.1. The molecule has 2 aromatic rings. The number of anilines is 2. The number of hydroxylamine groups is 2. The summed E-state index contributed by atoms with van der Waals surface area (Å²) in [5, 5.41) is 14.1. The number of carbonyl (C=O) groups excluding carboxylic acids is 2. The zero-order chi connectivity index (χ0) is 20.3. The molecular formula is C21H26N4O3. The lowest BCUT2D eigenvalue weighted by Gasteiger charge is -2.38. The van der Waals surface area contributed by atoms with Gasteiger partial charge in [0.05, 0.1) is 5.54 Å². The van der Waals surface area contributed by atoms with Crippen LogP contribution in [0.3, 0.4) is 0 Å². The van der Waals surface area contributed by atoms with Crippen LogP contribution >= 0.6 is 0 Å². The smallest absolute Gasteiger partial charge is 0.315 e. The van der Waals surface area contributed by atoms with E-state index in [0.29, 0.717) is 23.0 Å². The zero-order valence-electron chi connectivity index (χ0n) is 16.4. The Bertz CT molecular complexity index is 826. The number of hydrogen-bond donors (Lipinski definition) is 2. The van der Waals surface area contributed by atoms with E-state index in [-0.39, 0.29) is 6.03 Å². The fraction of sp³-hybridized carbons (Fsp3) is 0.333. The molecule has 1 aliphatic rings. The zero-order valence-corrected chi connectivity index (χ0v) is 16.4. The molecule has 0 aliphatic carbocycles. The molecule has 3 rings (SSSR count). The summed E-state index contributed by atoms with van der Waals surface area (Å²) in [7, 11) is 0. The Labute approximate surface area is 165 Å². The van der Waals surface area contributed by atoms with E-state index in [9.17, 15) is 14.8 Å². The van der Waals surface area contributed by atoms with Crippen molar-refractivity contribution in [3.63, 3.8) is 0 Å². The summed E-state index contributed by atoms with van der Waals surface area (Å²) in [5.74, 6) is 0. The molecule has 4 amide bonds. The van der Waals surface area contributed by atoms with Crippen LogP contribution in [0, 0.1) is 0 Å². The van der Waals surface area contributed by atoms with Gasteiger partial charge < -0.3 is 10.2 Å². The first-order valence-electron chi connectivity index (χ1n) is 9.38. The molecule has 148 valence electrons. The molecule has 1 saturated heterocycles. The lowest BCUT2D eigenvalue weighted by atomic mass is 9.99. The number of carbonyl (C=O) groups is 2. The number of hydrogen-bond acceptors (Lipinski definition) is 3. The van der Waals surface area contributed by atoms with Crippen molar-refractivity contribution >= 4 is 23.4 Å². The predicted molar refractivity (Wildman–Crippen MR) is 108 cm³/mol. The number of nitrogens with one attached hydrogen (secondary N) is 1. The van der Waals surface area contributed by atoms with Gasteiger partial charge in [0.15, 0.2) is 6.17 Å². The molecule has 1 fully saturated rings. The minimum absolute atomic E-state index is 0.241. The summed E-state index contributed by atoms with van der Waals surface area (Å²) in [6.45, 7) is 6.22. The molecule has 7 heteroatoms. The molecule has 28 heavy (non-hydrogen) atoms. The number of rotatable bonds is 5.